The Morgan fingerprint density at radius 2 is 1.48 bits per heavy atom. The third-order valence-electron chi connectivity index (χ3n) is 3.87. The molecule has 0 heterocycles. The molecule has 0 N–H and O–H groups in total. The largest absolute Gasteiger partial charge is 0.0959 e. The molecule has 23 heavy (non-hydrogen) atoms. The van der Waals surface area contributed by atoms with Crippen molar-refractivity contribution in [3.63, 3.8) is 0 Å². The first-order chi connectivity index (χ1) is 10.5. The second-order valence-corrected chi connectivity index (χ2v) is 5.97. The molecule has 0 fully saturated rings. The first-order valence-electron chi connectivity index (χ1n) is 7.65. The summed E-state index contributed by atoms with van der Waals surface area (Å²) in [4.78, 5) is 0. The van der Waals surface area contributed by atoms with Crippen molar-refractivity contribution >= 4 is 6.08 Å². The topological polar surface area (TPSA) is 0 Å². The second-order valence-electron chi connectivity index (χ2n) is 5.97. The molecule has 0 spiro atoms. The minimum Gasteiger partial charge on any atom is -0.0959 e. The zero-order valence-electron chi connectivity index (χ0n) is 14.3. The molecule has 0 saturated carbocycles. The van der Waals surface area contributed by atoms with Crippen LogP contribution in [0.2, 0.25) is 0 Å². The Hall–Kier alpha value is -1.46. The van der Waals surface area contributed by atoms with Gasteiger partial charge in [-0.2, -0.15) is 0 Å². The Morgan fingerprint density at radius 1 is 0.870 bits per heavy atom. The Labute approximate surface area is 159 Å². The van der Waals surface area contributed by atoms with E-state index in [1.807, 2.05) is 13.8 Å². The fourth-order valence-corrected chi connectivity index (χ4v) is 2.40. The molecule has 116 valence electrons. The van der Waals surface area contributed by atoms with Gasteiger partial charge in [0.25, 0.3) is 0 Å². The standard InChI is InChI=1S/C16H14.C6H10.Zr/c1-12-10-14-8-5-9-15(16(14)11-12)13-6-3-2-4-7-13;1-5(2)6(3)4;/h2-9,11H,10H2,1H3;1,3H2,2,4H3;. The Morgan fingerprint density at radius 3 is 2.04 bits per heavy atom. The average molecular weight is 380 g/mol. The van der Waals surface area contributed by atoms with Gasteiger partial charge in [0.1, 0.15) is 0 Å². The average Bonchev–Trinajstić information content (AvgIpc) is 2.88. The fourth-order valence-electron chi connectivity index (χ4n) is 2.40. The van der Waals surface area contributed by atoms with Crippen LogP contribution in [0, 0.1) is 0 Å². The van der Waals surface area contributed by atoms with Gasteiger partial charge >= 0.3 is 0 Å². The molecule has 1 heteroatoms. The van der Waals surface area contributed by atoms with E-state index in [0.29, 0.717) is 0 Å². The second kappa shape index (κ2) is 8.99. The van der Waals surface area contributed by atoms with Crippen LogP contribution in [-0.4, -0.2) is 0 Å². The van der Waals surface area contributed by atoms with Gasteiger partial charge in [-0.05, 0) is 49.4 Å². The fraction of sp³-hybridized carbons (Fsp3) is 0.182. The van der Waals surface area contributed by atoms with Crippen molar-refractivity contribution in [3.05, 3.63) is 89.5 Å². The minimum absolute atomic E-state index is 0. The van der Waals surface area contributed by atoms with Gasteiger partial charge in [-0.3, -0.25) is 0 Å². The third kappa shape index (κ3) is 5.29. The number of rotatable bonds is 2. The summed E-state index contributed by atoms with van der Waals surface area (Å²) >= 11 is 0. The molecule has 1 aliphatic carbocycles. The number of allylic oxidation sites excluding steroid dienone is 3. The predicted octanol–water partition coefficient (Wildman–Crippen LogP) is 6.45. The summed E-state index contributed by atoms with van der Waals surface area (Å²) in [6.45, 7) is 13.4. The van der Waals surface area contributed by atoms with E-state index < -0.39 is 0 Å². The molecule has 2 aromatic carbocycles. The van der Waals surface area contributed by atoms with Crippen LogP contribution in [0.15, 0.2) is 78.4 Å². The van der Waals surface area contributed by atoms with E-state index in [0.717, 1.165) is 17.6 Å². The predicted molar refractivity (Wildman–Crippen MR) is 98.9 cm³/mol. The molecule has 0 radical (unpaired) electrons. The molecule has 0 aliphatic heterocycles. The Kier molecular flexibility index (Phi) is 7.66. The first kappa shape index (κ1) is 19.6. The molecule has 0 aromatic heterocycles. The van der Waals surface area contributed by atoms with Gasteiger partial charge in [0, 0.05) is 26.2 Å². The summed E-state index contributed by atoms with van der Waals surface area (Å²) in [6.07, 6.45) is 3.42. The van der Waals surface area contributed by atoms with Crippen LogP contribution < -0.4 is 0 Å². The molecule has 2 aromatic rings. The monoisotopic (exact) mass is 378 g/mol. The molecule has 0 saturated heterocycles. The molecule has 0 atom stereocenters. The summed E-state index contributed by atoms with van der Waals surface area (Å²) in [7, 11) is 0. The summed E-state index contributed by atoms with van der Waals surface area (Å²) in [5.74, 6) is 0. The molecule has 0 amide bonds. The zero-order valence-corrected chi connectivity index (χ0v) is 16.8. The van der Waals surface area contributed by atoms with E-state index in [4.69, 9.17) is 0 Å². The summed E-state index contributed by atoms with van der Waals surface area (Å²) < 4.78 is 0. The van der Waals surface area contributed by atoms with E-state index in [1.165, 1.54) is 27.8 Å². The van der Waals surface area contributed by atoms with Gasteiger partial charge in [-0.15, -0.1) is 0 Å². The van der Waals surface area contributed by atoms with Crippen molar-refractivity contribution in [2.75, 3.05) is 0 Å². The summed E-state index contributed by atoms with van der Waals surface area (Å²) in [5.41, 5.74) is 9.12. The molecular formula is C22H24Zr. The van der Waals surface area contributed by atoms with Crippen LogP contribution in [0.3, 0.4) is 0 Å². The SMILES string of the molecule is C=C(C)C(=C)C.CC1=Cc2c(cccc2-c2ccccc2)C1.[Zr]. The first-order valence-corrected chi connectivity index (χ1v) is 7.65. The molecule has 3 rings (SSSR count). The van der Waals surface area contributed by atoms with Gasteiger partial charge in [-0.25, -0.2) is 0 Å². The van der Waals surface area contributed by atoms with Crippen LogP contribution in [0.5, 0.6) is 0 Å². The third-order valence-corrected chi connectivity index (χ3v) is 3.87. The van der Waals surface area contributed by atoms with Crippen molar-refractivity contribution in [1.82, 2.24) is 0 Å². The van der Waals surface area contributed by atoms with E-state index in [9.17, 15) is 0 Å². The van der Waals surface area contributed by atoms with Crippen LogP contribution in [-0.2, 0) is 32.6 Å². The normalized spacial score (nSPS) is 11.3. The maximum Gasteiger partial charge on any atom is 0 e. The van der Waals surface area contributed by atoms with Crippen molar-refractivity contribution < 1.29 is 26.2 Å². The summed E-state index contributed by atoms with van der Waals surface area (Å²) in [5, 5.41) is 0. The van der Waals surface area contributed by atoms with E-state index >= 15 is 0 Å². The number of benzene rings is 2. The number of fused-ring (bicyclic) bond motifs is 1. The van der Waals surface area contributed by atoms with Crippen LogP contribution in [0.1, 0.15) is 31.9 Å². The van der Waals surface area contributed by atoms with Crippen molar-refractivity contribution in [2.45, 2.75) is 27.2 Å². The smallest absolute Gasteiger partial charge is 0 e. The van der Waals surface area contributed by atoms with Gasteiger partial charge < -0.3 is 0 Å². The quantitative estimate of drug-likeness (QED) is 0.526. The van der Waals surface area contributed by atoms with E-state index in [2.05, 4.69) is 74.7 Å². The maximum atomic E-state index is 3.66. The van der Waals surface area contributed by atoms with Gasteiger partial charge in [-0.1, -0.05) is 84.5 Å². The molecule has 1 aliphatic rings. The van der Waals surface area contributed by atoms with Gasteiger partial charge in [0.2, 0.25) is 0 Å². The summed E-state index contributed by atoms with van der Waals surface area (Å²) in [6, 6.07) is 17.2. The Balaban J connectivity index is 0.000000330. The van der Waals surface area contributed by atoms with Crippen LogP contribution in [0.25, 0.3) is 17.2 Å². The van der Waals surface area contributed by atoms with Gasteiger partial charge in [0.15, 0.2) is 0 Å². The zero-order chi connectivity index (χ0) is 16.1. The molecular weight excluding hydrogens is 355 g/mol. The van der Waals surface area contributed by atoms with Crippen molar-refractivity contribution in [2.24, 2.45) is 0 Å². The molecule has 0 bridgehead atoms. The minimum atomic E-state index is 0. The molecule has 0 unspecified atom stereocenters. The van der Waals surface area contributed by atoms with Crippen LogP contribution >= 0.6 is 0 Å². The van der Waals surface area contributed by atoms with Crippen molar-refractivity contribution in [1.29, 1.82) is 0 Å². The molecule has 0 nitrogen and oxygen atoms in total. The number of hydrogen-bond acceptors (Lipinski definition) is 0. The van der Waals surface area contributed by atoms with E-state index in [1.54, 1.807) is 0 Å². The van der Waals surface area contributed by atoms with Crippen molar-refractivity contribution in [3.8, 4) is 11.1 Å². The maximum absolute atomic E-state index is 3.66. The number of hydrogen-bond donors (Lipinski definition) is 0. The van der Waals surface area contributed by atoms with Gasteiger partial charge in [0.05, 0.1) is 0 Å². The van der Waals surface area contributed by atoms with E-state index in [-0.39, 0.29) is 26.2 Å². The van der Waals surface area contributed by atoms with Crippen LogP contribution in [0.4, 0.5) is 0 Å². The Bertz CT molecular complexity index is 709.